The summed E-state index contributed by atoms with van der Waals surface area (Å²) >= 11 is 0. The molecule has 6 nitrogen and oxygen atoms in total. The van der Waals surface area contributed by atoms with E-state index in [1.54, 1.807) is 6.07 Å². The zero-order valence-electron chi connectivity index (χ0n) is 12.7. The SMILES string of the molecule is COc1ccc(C2CC(O)CCC2[N+](=O)[O-])cc1OCC(F)F. The van der Waals surface area contributed by atoms with E-state index in [0.29, 0.717) is 12.0 Å². The minimum absolute atomic E-state index is 0.118. The smallest absolute Gasteiger partial charge is 0.272 e. The highest BCUT2D eigenvalue weighted by Crippen LogP contribution is 2.38. The highest BCUT2D eigenvalue weighted by Gasteiger charge is 2.38. The average molecular weight is 331 g/mol. The molecule has 0 aliphatic heterocycles. The van der Waals surface area contributed by atoms with Gasteiger partial charge in [-0.15, -0.1) is 0 Å². The van der Waals surface area contributed by atoms with Gasteiger partial charge in [-0.05, 0) is 30.5 Å². The van der Waals surface area contributed by atoms with Crippen molar-refractivity contribution in [2.45, 2.75) is 43.8 Å². The Morgan fingerprint density at radius 2 is 2.13 bits per heavy atom. The molecular weight excluding hydrogens is 312 g/mol. The molecule has 23 heavy (non-hydrogen) atoms. The molecule has 1 aromatic rings. The third-order valence-electron chi connectivity index (χ3n) is 4.04. The van der Waals surface area contributed by atoms with E-state index in [-0.39, 0.29) is 29.3 Å². The Labute approximate surface area is 132 Å². The molecule has 0 bridgehead atoms. The first-order chi connectivity index (χ1) is 10.9. The molecule has 0 heterocycles. The topological polar surface area (TPSA) is 81.8 Å². The normalized spacial score (nSPS) is 24.5. The van der Waals surface area contributed by atoms with E-state index in [2.05, 4.69) is 0 Å². The van der Waals surface area contributed by atoms with Crippen LogP contribution in [0.3, 0.4) is 0 Å². The zero-order valence-corrected chi connectivity index (χ0v) is 12.7. The molecule has 0 radical (unpaired) electrons. The molecule has 1 aliphatic rings. The van der Waals surface area contributed by atoms with Crippen LogP contribution in [0.1, 0.15) is 30.7 Å². The van der Waals surface area contributed by atoms with Gasteiger partial charge in [-0.1, -0.05) is 6.07 Å². The number of hydrogen-bond acceptors (Lipinski definition) is 5. The average Bonchev–Trinajstić information content (AvgIpc) is 2.52. The second-order valence-corrected chi connectivity index (χ2v) is 5.54. The molecule has 8 heteroatoms. The van der Waals surface area contributed by atoms with Crippen molar-refractivity contribution >= 4 is 0 Å². The fraction of sp³-hybridized carbons (Fsp3) is 0.600. The van der Waals surface area contributed by atoms with Crippen LogP contribution < -0.4 is 9.47 Å². The second-order valence-electron chi connectivity index (χ2n) is 5.54. The Kier molecular flexibility index (Phi) is 5.70. The number of methoxy groups -OCH3 is 1. The number of hydrogen-bond donors (Lipinski definition) is 1. The van der Waals surface area contributed by atoms with Gasteiger partial charge in [0.25, 0.3) is 6.43 Å². The monoisotopic (exact) mass is 331 g/mol. The van der Waals surface area contributed by atoms with Crippen LogP contribution in [-0.4, -0.2) is 42.3 Å². The van der Waals surface area contributed by atoms with Crippen molar-refractivity contribution in [2.24, 2.45) is 0 Å². The third-order valence-corrected chi connectivity index (χ3v) is 4.04. The maximum absolute atomic E-state index is 12.3. The van der Waals surface area contributed by atoms with Gasteiger partial charge in [0.1, 0.15) is 6.61 Å². The highest BCUT2D eigenvalue weighted by atomic mass is 19.3. The highest BCUT2D eigenvalue weighted by molar-refractivity contribution is 5.44. The molecule has 1 N–H and O–H groups in total. The van der Waals surface area contributed by atoms with E-state index < -0.39 is 31.1 Å². The first-order valence-corrected chi connectivity index (χ1v) is 7.32. The summed E-state index contributed by atoms with van der Waals surface area (Å²) in [5, 5.41) is 21.0. The molecule has 0 spiro atoms. The molecule has 0 saturated heterocycles. The minimum Gasteiger partial charge on any atom is -0.493 e. The van der Waals surface area contributed by atoms with Gasteiger partial charge in [0.2, 0.25) is 6.04 Å². The van der Waals surface area contributed by atoms with Crippen molar-refractivity contribution in [1.29, 1.82) is 0 Å². The van der Waals surface area contributed by atoms with Crippen molar-refractivity contribution in [1.82, 2.24) is 0 Å². The van der Waals surface area contributed by atoms with Crippen LogP contribution in [0.5, 0.6) is 11.5 Å². The van der Waals surface area contributed by atoms with Crippen molar-refractivity contribution < 1.29 is 28.3 Å². The number of alkyl halides is 2. The van der Waals surface area contributed by atoms with Crippen LogP contribution >= 0.6 is 0 Å². The number of aliphatic hydroxyl groups excluding tert-OH is 1. The van der Waals surface area contributed by atoms with Crippen LogP contribution in [0.15, 0.2) is 18.2 Å². The lowest BCUT2D eigenvalue weighted by atomic mass is 9.79. The van der Waals surface area contributed by atoms with Gasteiger partial charge in [0.05, 0.1) is 19.1 Å². The molecule has 1 aromatic carbocycles. The summed E-state index contributed by atoms with van der Waals surface area (Å²) in [5.74, 6) is -0.0931. The minimum atomic E-state index is -2.63. The summed E-state index contributed by atoms with van der Waals surface area (Å²) in [6.07, 6.45) is -2.33. The first-order valence-electron chi connectivity index (χ1n) is 7.32. The summed E-state index contributed by atoms with van der Waals surface area (Å²) in [6, 6.07) is 3.86. The number of aliphatic hydroxyl groups is 1. The van der Waals surface area contributed by atoms with Crippen molar-refractivity contribution in [3.8, 4) is 11.5 Å². The van der Waals surface area contributed by atoms with Crippen molar-refractivity contribution in [3.63, 3.8) is 0 Å². The number of nitrogens with zero attached hydrogens (tertiary/aromatic N) is 1. The molecular formula is C15H19F2NO5. The molecule has 0 amide bonds. The van der Waals surface area contributed by atoms with Gasteiger partial charge < -0.3 is 14.6 Å². The summed E-state index contributed by atoms with van der Waals surface area (Å²) in [5.41, 5.74) is 0.579. The van der Waals surface area contributed by atoms with Gasteiger partial charge in [0, 0.05) is 11.3 Å². The summed E-state index contributed by atoms with van der Waals surface area (Å²) < 4.78 is 34.8. The van der Waals surface area contributed by atoms with E-state index in [4.69, 9.17) is 9.47 Å². The number of ether oxygens (including phenoxy) is 2. The van der Waals surface area contributed by atoms with E-state index in [0.717, 1.165) is 0 Å². The third kappa shape index (κ3) is 4.28. The number of nitro groups is 1. The second kappa shape index (κ2) is 7.54. The van der Waals surface area contributed by atoms with Crippen LogP contribution in [0.25, 0.3) is 0 Å². The fourth-order valence-corrected chi connectivity index (χ4v) is 2.93. The van der Waals surface area contributed by atoms with Gasteiger partial charge >= 0.3 is 0 Å². The van der Waals surface area contributed by atoms with Crippen LogP contribution in [0, 0.1) is 10.1 Å². The number of rotatable bonds is 6. The first kappa shape index (κ1) is 17.4. The number of halogens is 2. The predicted octanol–water partition coefficient (Wildman–Crippen LogP) is 2.61. The maximum Gasteiger partial charge on any atom is 0.272 e. The molecule has 3 atom stereocenters. The van der Waals surface area contributed by atoms with Crippen LogP contribution in [-0.2, 0) is 0 Å². The van der Waals surface area contributed by atoms with Gasteiger partial charge in [-0.3, -0.25) is 10.1 Å². The zero-order chi connectivity index (χ0) is 17.0. The Bertz CT molecular complexity index is 555. The summed E-state index contributed by atoms with van der Waals surface area (Å²) in [7, 11) is 1.38. The Morgan fingerprint density at radius 1 is 1.39 bits per heavy atom. The van der Waals surface area contributed by atoms with Crippen molar-refractivity contribution in [3.05, 3.63) is 33.9 Å². The Hall–Kier alpha value is -1.96. The quantitative estimate of drug-likeness (QED) is 0.640. The predicted molar refractivity (Wildman–Crippen MR) is 77.9 cm³/mol. The lowest BCUT2D eigenvalue weighted by Crippen LogP contribution is -2.35. The van der Waals surface area contributed by atoms with Gasteiger partial charge in [-0.25, -0.2) is 8.78 Å². The molecule has 1 fully saturated rings. The molecule has 128 valence electrons. The van der Waals surface area contributed by atoms with Crippen LogP contribution in [0.2, 0.25) is 0 Å². The standard InChI is InChI=1S/C15H19F2NO5/c1-22-13-5-2-9(6-14(13)23-8-15(16)17)11-7-10(19)3-4-12(11)18(20)21/h2,5-6,10-12,15,19H,3-4,7-8H2,1H3. The summed E-state index contributed by atoms with van der Waals surface area (Å²) in [6.45, 7) is -0.786. The fourth-order valence-electron chi connectivity index (χ4n) is 2.93. The van der Waals surface area contributed by atoms with E-state index in [9.17, 15) is 24.0 Å². The Morgan fingerprint density at radius 3 is 2.74 bits per heavy atom. The largest absolute Gasteiger partial charge is 0.493 e. The van der Waals surface area contributed by atoms with Crippen LogP contribution in [0.4, 0.5) is 8.78 Å². The number of benzene rings is 1. The molecule has 1 saturated carbocycles. The van der Waals surface area contributed by atoms with E-state index in [1.807, 2.05) is 0 Å². The molecule has 2 rings (SSSR count). The van der Waals surface area contributed by atoms with E-state index >= 15 is 0 Å². The molecule has 0 aromatic heterocycles. The van der Waals surface area contributed by atoms with E-state index in [1.165, 1.54) is 19.2 Å². The van der Waals surface area contributed by atoms with Crippen molar-refractivity contribution in [2.75, 3.05) is 13.7 Å². The lowest BCUT2D eigenvalue weighted by molar-refractivity contribution is -0.531. The Balaban J connectivity index is 2.29. The van der Waals surface area contributed by atoms with Gasteiger partial charge in [-0.2, -0.15) is 0 Å². The van der Waals surface area contributed by atoms with Gasteiger partial charge in [0.15, 0.2) is 11.5 Å². The lowest BCUT2D eigenvalue weighted by Gasteiger charge is -2.29. The molecule has 3 unspecified atom stereocenters. The molecule has 1 aliphatic carbocycles. The summed E-state index contributed by atoms with van der Waals surface area (Å²) in [4.78, 5) is 10.9. The maximum atomic E-state index is 12.3.